The van der Waals surface area contributed by atoms with Gasteiger partial charge in [-0.05, 0) is 50.4 Å². The largest absolute Gasteiger partial charge is 0.273 e. The van der Waals surface area contributed by atoms with Crippen LogP contribution in [0.3, 0.4) is 0 Å². The van der Waals surface area contributed by atoms with E-state index in [9.17, 15) is 4.79 Å². The van der Waals surface area contributed by atoms with Crippen LogP contribution in [-0.2, 0) is 4.79 Å². The minimum absolute atomic E-state index is 0.167. The molecule has 2 unspecified atom stereocenters. The van der Waals surface area contributed by atoms with Gasteiger partial charge >= 0.3 is 0 Å². The highest BCUT2D eigenvalue weighted by molar-refractivity contribution is 5.91. The van der Waals surface area contributed by atoms with Crippen LogP contribution in [0.1, 0.15) is 57.8 Å². The predicted molar refractivity (Wildman–Crippen MR) is 67.6 cm³/mol. The first kappa shape index (κ1) is 11.2. The van der Waals surface area contributed by atoms with E-state index in [4.69, 9.17) is 0 Å². The van der Waals surface area contributed by atoms with E-state index in [0.29, 0.717) is 5.92 Å². The van der Waals surface area contributed by atoms with Crippen LogP contribution in [0.15, 0.2) is 5.10 Å². The predicted octanol–water partition coefficient (Wildman–Crippen LogP) is 2.86. The number of hydrogen-bond donors (Lipinski definition) is 1. The summed E-state index contributed by atoms with van der Waals surface area (Å²) >= 11 is 0. The Morgan fingerprint density at radius 1 is 1.12 bits per heavy atom. The summed E-state index contributed by atoms with van der Waals surface area (Å²) in [4.78, 5) is 11.9. The highest BCUT2D eigenvalue weighted by Gasteiger charge is 2.36. The lowest BCUT2D eigenvalue weighted by Crippen LogP contribution is -2.30. The summed E-state index contributed by atoms with van der Waals surface area (Å²) in [6.45, 7) is 0. The molecule has 1 amide bonds. The number of hydrogen-bond acceptors (Lipinski definition) is 2. The van der Waals surface area contributed by atoms with Gasteiger partial charge in [0.2, 0.25) is 5.91 Å². The molecule has 0 spiro atoms. The van der Waals surface area contributed by atoms with Crippen LogP contribution in [-0.4, -0.2) is 11.6 Å². The van der Waals surface area contributed by atoms with Crippen molar-refractivity contribution in [3.05, 3.63) is 0 Å². The fourth-order valence-electron chi connectivity index (χ4n) is 3.75. The first-order valence-electron chi connectivity index (χ1n) is 7.19. The van der Waals surface area contributed by atoms with Crippen LogP contribution in [0.25, 0.3) is 0 Å². The minimum atomic E-state index is 0.167. The van der Waals surface area contributed by atoms with E-state index in [2.05, 4.69) is 10.5 Å². The van der Waals surface area contributed by atoms with E-state index < -0.39 is 0 Å². The Labute approximate surface area is 103 Å². The average molecular weight is 234 g/mol. The van der Waals surface area contributed by atoms with Gasteiger partial charge in [0.25, 0.3) is 0 Å². The molecule has 3 heteroatoms. The maximum Gasteiger partial charge on any atom is 0.243 e. The van der Waals surface area contributed by atoms with Crippen LogP contribution in [0, 0.1) is 17.8 Å². The molecule has 0 aromatic heterocycles. The second-order valence-corrected chi connectivity index (χ2v) is 5.99. The first-order chi connectivity index (χ1) is 8.33. The highest BCUT2D eigenvalue weighted by atomic mass is 16.2. The molecule has 17 heavy (non-hydrogen) atoms. The molecule has 3 fully saturated rings. The van der Waals surface area contributed by atoms with Gasteiger partial charge in [-0.3, -0.25) is 4.79 Å². The number of amides is 1. The quantitative estimate of drug-likeness (QED) is 0.733. The Balaban J connectivity index is 1.53. The molecule has 3 saturated carbocycles. The van der Waals surface area contributed by atoms with Gasteiger partial charge in [-0.15, -0.1) is 0 Å². The van der Waals surface area contributed by atoms with Gasteiger partial charge in [0.1, 0.15) is 0 Å². The molecule has 2 bridgehead atoms. The van der Waals surface area contributed by atoms with Crippen molar-refractivity contribution in [3.8, 4) is 0 Å². The molecule has 2 atom stereocenters. The van der Waals surface area contributed by atoms with Gasteiger partial charge in [-0.1, -0.05) is 19.3 Å². The number of carbonyl (C=O) groups excluding carboxylic acids is 1. The lowest BCUT2D eigenvalue weighted by Gasteiger charge is -2.20. The number of fused-ring (bicyclic) bond motifs is 2. The fourth-order valence-corrected chi connectivity index (χ4v) is 3.75. The molecule has 3 nitrogen and oxygen atoms in total. The van der Waals surface area contributed by atoms with Crippen LogP contribution in [0.4, 0.5) is 0 Å². The van der Waals surface area contributed by atoms with Gasteiger partial charge in [-0.25, -0.2) is 5.43 Å². The van der Waals surface area contributed by atoms with Gasteiger partial charge in [0.05, 0.1) is 0 Å². The van der Waals surface area contributed by atoms with Gasteiger partial charge in [-0.2, -0.15) is 5.10 Å². The maximum absolute atomic E-state index is 11.9. The molecule has 94 valence electrons. The highest BCUT2D eigenvalue weighted by Crippen LogP contribution is 2.42. The van der Waals surface area contributed by atoms with E-state index in [1.807, 2.05) is 0 Å². The molecule has 0 aliphatic heterocycles. The summed E-state index contributed by atoms with van der Waals surface area (Å²) in [5.41, 5.74) is 4.10. The Morgan fingerprint density at radius 2 is 1.94 bits per heavy atom. The van der Waals surface area contributed by atoms with Crippen molar-refractivity contribution in [1.29, 1.82) is 0 Å². The molecule has 3 aliphatic carbocycles. The summed E-state index contributed by atoms with van der Waals surface area (Å²) in [7, 11) is 0. The van der Waals surface area contributed by atoms with Crippen LogP contribution in [0.5, 0.6) is 0 Å². The third-order valence-corrected chi connectivity index (χ3v) is 4.80. The van der Waals surface area contributed by atoms with Crippen LogP contribution < -0.4 is 5.43 Å². The molecular formula is C14H22N2O. The Morgan fingerprint density at radius 3 is 2.59 bits per heavy atom. The van der Waals surface area contributed by atoms with Crippen LogP contribution in [0.2, 0.25) is 0 Å². The number of rotatable bonds is 2. The van der Waals surface area contributed by atoms with Crippen LogP contribution >= 0.6 is 0 Å². The van der Waals surface area contributed by atoms with Gasteiger partial charge < -0.3 is 0 Å². The summed E-state index contributed by atoms with van der Waals surface area (Å²) < 4.78 is 0. The Bertz CT molecular complexity index is 331. The summed E-state index contributed by atoms with van der Waals surface area (Å²) in [6, 6.07) is 0. The minimum Gasteiger partial charge on any atom is -0.273 e. The maximum atomic E-state index is 11.9. The van der Waals surface area contributed by atoms with E-state index in [-0.39, 0.29) is 11.8 Å². The molecule has 0 heterocycles. The second kappa shape index (κ2) is 4.79. The molecule has 3 rings (SSSR count). The van der Waals surface area contributed by atoms with Crippen molar-refractivity contribution < 1.29 is 4.79 Å². The zero-order valence-electron chi connectivity index (χ0n) is 10.5. The smallest absolute Gasteiger partial charge is 0.243 e. The lowest BCUT2D eigenvalue weighted by molar-refractivity contribution is -0.125. The zero-order valence-corrected chi connectivity index (χ0v) is 10.5. The molecule has 1 N–H and O–H groups in total. The van der Waals surface area contributed by atoms with Crippen molar-refractivity contribution in [3.63, 3.8) is 0 Å². The fraction of sp³-hybridized carbons (Fsp3) is 0.857. The van der Waals surface area contributed by atoms with Crippen molar-refractivity contribution in [2.75, 3.05) is 0 Å². The first-order valence-corrected chi connectivity index (χ1v) is 7.19. The van der Waals surface area contributed by atoms with E-state index in [1.165, 1.54) is 44.2 Å². The standard InChI is InChI=1S/C14H22N2O/c17-14(11-4-2-1-3-5-11)16-15-13-9-10-6-7-12(13)8-10/h10-12H,1-9H2,(H,16,17). The third-order valence-electron chi connectivity index (χ3n) is 4.80. The normalized spacial score (nSPS) is 35.4. The lowest BCUT2D eigenvalue weighted by atomic mass is 9.89. The summed E-state index contributed by atoms with van der Waals surface area (Å²) in [5, 5.41) is 4.40. The molecule has 0 saturated heterocycles. The van der Waals surface area contributed by atoms with E-state index >= 15 is 0 Å². The summed E-state index contributed by atoms with van der Waals surface area (Å²) in [6.07, 6.45) is 10.9. The number of hydrazone groups is 1. The zero-order chi connectivity index (χ0) is 11.7. The topological polar surface area (TPSA) is 41.5 Å². The van der Waals surface area contributed by atoms with Crippen molar-refractivity contribution in [2.45, 2.75) is 57.8 Å². The third kappa shape index (κ3) is 2.38. The van der Waals surface area contributed by atoms with Crippen molar-refractivity contribution in [2.24, 2.45) is 22.9 Å². The summed E-state index contributed by atoms with van der Waals surface area (Å²) in [5.74, 6) is 1.95. The number of nitrogens with zero attached hydrogens (tertiary/aromatic N) is 1. The van der Waals surface area contributed by atoms with Crippen molar-refractivity contribution >= 4 is 11.6 Å². The van der Waals surface area contributed by atoms with Crippen molar-refractivity contribution in [1.82, 2.24) is 5.43 Å². The second-order valence-electron chi connectivity index (χ2n) is 5.99. The molecular weight excluding hydrogens is 212 g/mol. The Kier molecular flexibility index (Phi) is 3.17. The molecule has 3 aliphatic rings. The average Bonchev–Trinajstić information content (AvgIpc) is 2.99. The number of carbonyl (C=O) groups is 1. The molecule has 0 aromatic carbocycles. The van der Waals surface area contributed by atoms with E-state index in [1.54, 1.807) is 0 Å². The molecule has 0 radical (unpaired) electrons. The number of nitrogens with one attached hydrogen (secondary N) is 1. The van der Waals surface area contributed by atoms with Gasteiger partial charge in [0.15, 0.2) is 0 Å². The molecule has 0 aromatic rings. The monoisotopic (exact) mass is 234 g/mol. The van der Waals surface area contributed by atoms with Gasteiger partial charge in [0, 0.05) is 11.6 Å². The Hall–Kier alpha value is -0.860. The van der Waals surface area contributed by atoms with E-state index in [0.717, 1.165) is 25.2 Å². The SMILES string of the molecule is O=C(NN=C1CC2CCC1C2)C1CCCCC1.